The Kier molecular flexibility index (Phi) is 6.09. The van der Waals surface area contributed by atoms with Crippen LogP contribution in [-0.2, 0) is 4.79 Å². The van der Waals surface area contributed by atoms with Gasteiger partial charge in [0.05, 0.1) is 6.04 Å². The first-order chi connectivity index (χ1) is 9.43. The van der Waals surface area contributed by atoms with Gasteiger partial charge in [0.25, 0.3) is 0 Å². The largest absolute Gasteiger partial charge is 0.480 e. The lowest BCUT2D eigenvalue weighted by atomic mass is 10.1. The van der Waals surface area contributed by atoms with E-state index in [0.717, 1.165) is 18.6 Å². The van der Waals surface area contributed by atoms with Crippen LogP contribution < -0.4 is 10.6 Å². The van der Waals surface area contributed by atoms with E-state index in [1.54, 1.807) is 13.0 Å². The highest BCUT2D eigenvalue weighted by Gasteiger charge is 2.20. The van der Waals surface area contributed by atoms with E-state index in [0.29, 0.717) is 12.2 Å². The van der Waals surface area contributed by atoms with Crippen LogP contribution in [0.25, 0.3) is 0 Å². The minimum atomic E-state index is -1.02. The minimum Gasteiger partial charge on any atom is -0.480 e. The molecule has 1 rings (SSSR count). The van der Waals surface area contributed by atoms with Crippen LogP contribution in [0.4, 0.5) is 4.79 Å². The lowest BCUT2D eigenvalue weighted by molar-refractivity contribution is -0.139. The number of carbonyl (C=O) groups excluding carboxylic acids is 1. The van der Waals surface area contributed by atoms with Crippen molar-refractivity contribution in [2.24, 2.45) is 0 Å². The van der Waals surface area contributed by atoms with Crippen molar-refractivity contribution >= 4 is 12.0 Å². The van der Waals surface area contributed by atoms with E-state index in [1.165, 1.54) is 0 Å². The molecule has 0 aliphatic rings. The predicted octanol–water partition coefficient (Wildman–Crippen LogP) is 2.59. The molecular weight excluding hydrogens is 260 g/mol. The second-order valence-electron chi connectivity index (χ2n) is 4.82. The van der Waals surface area contributed by atoms with Crippen molar-refractivity contribution in [3.63, 3.8) is 0 Å². The summed E-state index contributed by atoms with van der Waals surface area (Å²) in [5.74, 6) is 0.383. The number of nitrogens with one attached hydrogen (secondary N) is 2. The van der Waals surface area contributed by atoms with Crippen LogP contribution in [0.1, 0.15) is 50.7 Å². The smallest absolute Gasteiger partial charge is 0.326 e. The average molecular weight is 282 g/mol. The molecule has 0 aliphatic heterocycles. The number of rotatable bonds is 7. The molecule has 112 valence electrons. The number of furan rings is 1. The van der Waals surface area contributed by atoms with Gasteiger partial charge in [-0.15, -0.1) is 0 Å². The maximum atomic E-state index is 11.8. The Labute approximate surface area is 118 Å². The highest BCUT2D eigenvalue weighted by Crippen LogP contribution is 2.15. The number of urea groups is 1. The average Bonchev–Trinajstić information content (AvgIpc) is 2.80. The van der Waals surface area contributed by atoms with Crippen LogP contribution in [0, 0.1) is 6.92 Å². The van der Waals surface area contributed by atoms with Gasteiger partial charge in [0.1, 0.15) is 17.6 Å². The van der Waals surface area contributed by atoms with Crippen LogP contribution in [0.3, 0.4) is 0 Å². The number of hydrogen-bond donors (Lipinski definition) is 3. The Morgan fingerprint density at radius 1 is 1.35 bits per heavy atom. The lowest BCUT2D eigenvalue weighted by Crippen LogP contribution is -2.46. The van der Waals surface area contributed by atoms with Crippen molar-refractivity contribution in [3.05, 3.63) is 23.7 Å². The third-order valence-electron chi connectivity index (χ3n) is 2.99. The summed E-state index contributed by atoms with van der Waals surface area (Å²) in [5, 5.41) is 14.2. The maximum Gasteiger partial charge on any atom is 0.326 e. The van der Waals surface area contributed by atoms with Crippen molar-refractivity contribution in [3.8, 4) is 0 Å². The van der Waals surface area contributed by atoms with Gasteiger partial charge >= 0.3 is 12.0 Å². The molecular formula is C14H22N2O4. The number of hydrogen-bond acceptors (Lipinski definition) is 3. The Bertz CT molecular complexity index is 456. The molecule has 0 fully saturated rings. The molecule has 6 nitrogen and oxygen atoms in total. The molecule has 0 radical (unpaired) electrons. The van der Waals surface area contributed by atoms with Gasteiger partial charge in [-0.1, -0.05) is 19.8 Å². The monoisotopic (exact) mass is 282 g/mol. The Hall–Kier alpha value is -1.98. The molecule has 0 saturated heterocycles. The molecule has 0 bridgehead atoms. The van der Waals surface area contributed by atoms with Crippen LogP contribution >= 0.6 is 0 Å². The van der Waals surface area contributed by atoms with E-state index in [-0.39, 0.29) is 6.04 Å². The minimum absolute atomic E-state index is 0.315. The van der Waals surface area contributed by atoms with Gasteiger partial charge in [-0.25, -0.2) is 9.59 Å². The lowest BCUT2D eigenvalue weighted by Gasteiger charge is -2.17. The van der Waals surface area contributed by atoms with E-state index in [1.807, 2.05) is 19.9 Å². The van der Waals surface area contributed by atoms with Crippen molar-refractivity contribution in [2.75, 3.05) is 0 Å². The van der Waals surface area contributed by atoms with Gasteiger partial charge in [-0.2, -0.15) is 0 Å². The number of carboxylic acid groups (broad SMARTS) is 1. The fourth-order valence-corrected chi connectivity index (χ4v) is 1.82. The molecule has 1 aromatic heterocycles. The van der Waals surface area contributed by atoms with Crippen molar-refractivity contribution in [2.45, 2.75) is 52.1 Å². The summed E-state index contributed by atoms with van der Waals surface area (Å²) in [6, 6.07) is 1.92. The Morgan fingerprint density at radius 3 is 2.55 bits per heavy atom. The van der Waals surface area contributed by atoms with E-state index in [2.05, 4.69) is 10.6 Å². The third-order valence-corrected chi connectivity index (χ3v) is 2.99. The van der Waals surface area contributed by atoms with Gasteiger partial charge in [0.2, 0.25) is 0 Å². The number of unbranched alkanes of at least 4 members (excludes halogenated alkanes) is 1. The number of carboxylic acids is 1. The fourth-order valence-electron chi connectivity index (χ4n) is 1.82. The molecule has 0 saturated carbocycles. The molecule has 0 aromatic carbocycles. The zero-order chi connectivity index (χ0) is 15.1. The van der Waals surface area contributed by atoms with Gasteiger partial charge in [0.15, 0.2) is 0 Å². The predicted molar refractivity (Wildman–Crippen MR) is 74.5 cm³/mol. The van der Waals surface area contributed by atoms with E-state index in [9.17, 15) is 9.59 Å². The van der Waals surface area contributed by atoms with Gasteiger partial charge < -0.3 is 20.2 Å². The number of carbonyl (C=O) groups is 2. The number of amides is 2. The topological polar surface area (TPSA) is 91.6 Å². The standard InChI is InChI=1S/C14H22N2O4/c1-4-5-6-11(13(17)18)16-14(19)15-10(3)12-8-7-9(2)20-12/h7-8,10-11H,4-6H2,1-3H3,(H,17,18)(H2,15,16,19). The molecule has 0 aliphatic carbocycles. The Morgan fingerprint density at radius 2 is 2.05 bits per heavy atom. The number of aliphatic carboxylic acids is 1. The van der Waals surface area contributed by atoms with Gasteiger partial charge in [0, 0.05) is 0 Å². The Balaban J connectivity index is 2.50. The molecule has 2 amide bonds. The molecule has 2 atom stereocenters. The normalized spacial score (nSPS) is 13.6. The van der Waals surface area contributed by atoms with Crippen LogP contribution in [0.15, 0.2) is 16.5 Å². The van der Waals surface area contributed by atoms with Crippen LogP contribution in [0.5, 0.6) is 0 Å². The molecule has 6 heteroatoms. The van der Waals surface area contributed by atoms with Crippen molar-refractivity contribution in [1.82, 2.24) is 10.6 Å². The number of aryl methyl sites for hydroxylation is 1. The summed E-state index contributed by atoms with van der Waals surface area (Å²) < 4.78 is 5.40. The summed E-state index contributed by atoms with van der Waals surface area (Å²) in [6.45, 7) is 5.57. The van der Waals surface area contributed by atoms with Crippen LogP contribution in [-0.4, -0.2) is 23.1 Å². The third kappa shape index (κ3) is 4.95. The first-order valence-electron chi connectivity index (χ1n) is 6.80. The highest BCUT2D eigenvalue weighted by atomic mass is 16.4. The van der Waals surface area contributed by atoms with Gasteiger partial charge in [-0.05, 0) is 32.4 Å². The summed E-state index contributed by atoms with van der Waals surface area (Å²) >= 11 is 0. The second kappa shape index (κ2) is 7.57. The molecule has 0 spiro atoms. The zero-order valence-corrected chi connectivity index (χ0v) is 12.1. The molecule has 2 unspecified atom stereocenters. The fraction of sp³-hybridized carbons (Fsp3) is 0.571. The van der Waals surface area contributed by atoms with Crippen LogP contribution in [0.2, 0.25) is 0 Å². The SMILES string of the molecule is CCCCC(NC(=O)NC(C)c1ccc(C)o1)C(=O)O. The van der Waals surface area contributed by atoms with E-state index in [4.69, 9.17) is 9.52 Å². The summed E-state index contributed by atoms with van der Waals surface area (Å²) in [7, 11) is 0. The highest BCUT2D eigenvalue weighted by molar-refractivity contribution is 5.82. The van der Waals surface area contributed by atoms with Crippen molar-refractivity contribution < 1.29 is 19.1 Å². The molecule has 20 heavy (non-hydrogen) atoms. The van der Waals surface area contributed by atoms with Crippen molar-refractivity contribution in [1.29, 1.82) is 0 Å². The summed E-state index contributed by atoms with van der Waals surface area (Å²) in [6.07, 6.45) is 2.06. The van der Waals surface area contributed by atoms with E-state index >= 15 is 0 Å². The maximum absolute atomic E-state index is 11.8. The molecule has 1 aromatic rings. The first kappa shape index (κ1) is 16.1. The molecule has 1 heterocycles. The van der Waals surface area contributed by atoms with Gasteiger partial charge in [-0.3, -0.25) is 0 Å². The molecule has 3 N–H and O–H groups in total. The summed E-state index contributed by atoms with van der Waals surface area (Å²) in [4.78, 5) is 22.8. The summed E-state index contributed by atoms with van der Waals surface area (Å²) in [5.41, 5.74) is 0. The second-order valence-corrected chi connectivity index (χ2v) is 4.82. The van der Waals surface area contributed by atoms with E-state index < -0.39 is 18.0 Å². The first-order valence-corrected chi connectivity index (χ1v) is 6.80. The zero-order valence-electron chi connectivity index (χ0n) is 12.1. The quantitative estimate of drug-likeness (QED) is 0.716.